The summed E-state index contributed by atoms with van der Waals surface area (Å²) in [6.45, 7) is 19.8. The molecule has 0 aromatic heterocycles. The van der Waals surface area contributed by atoms with E-state index < -0.39 is 0 Å². The first-order valence-electron chi connectivity index (χ1n) is 11.6. The lowest BCUT2D eigenvalue weighted by Gasteiger charge is -2.30. The predicted octanol–water partition coefficient (Wildman–Crippen LogP) is 6.07. The Labute approximate surface area is 203 Å². The molecular weight excluding hydrogens is 419 g/mol. The van der Waals surface area contributed by atoms with Gasteiger partial charge in [0.2, 0.25) is 0 Å². The van der Waals surface area contributed by atoms with E-state index in [2.05, 4.69) is 89.5 Å². The molecule has 0 unspecified atom stereocenters. The van der Waals surface area contributed by atoms with Crippen molar-refractivity contribution in [3.8, 4) is 11.5 Å². The maximum absolute atomic E-state index is 5.78. The highest BCUT2D eigenvalue weighted by Crippen LogP contribution is 2.18. The number of hydrogen-bond acceptors (Lipinski definition) is 4. The zero-order chi connectivity index (χ0) is 23.0. The van der Waals surface area contributed by atoms with E-state index in [9.17, 15) is 0 Å². The van der Waals surface area contributed by atoms with E-state index in [4.69, 9.17) is 9.31 Å². The topological polar surface area (TPSA) is 24.9 Å². The van der Waals surface area contributed by atoms with Crippen molar-refractivity contribution in [2.45, 2.75) is 92.6 Å². The molecule has 0 fully saturated rings. The molecule has 2 aromatic rings. The predicted molar refractivity (Wildman–Crippen MR) is 140 cm³/mol. The van der Waals surface area contributed by atoms with Gasteiger partial charge < -0.3 is 9.31 Å². The standard InChI is InChI=1S/C26H41BN2O2.ClH/c1-19(2)28(20(3)4)17-23-9-13-25(14-10-23)30-27-31-26-15-11-24(12-16-26)18-29(21(5)6)22(7)8;/h9-16,19-22,27H,17-18H2,1-8H3;1H. The van der Waals surface area contributed by atoms with Gasteiger partial charge in [-0.1, -0.05) is 24.3 Å². The molecule has 0 radical (unpaired) electrons. The van der Waals surface area contributed by atoms with Crippen LogP contribution < -0.4 is 9.31 Å². The molecule has 0 saturated heterocycles. The zero-order valence-corrected chi connectivity index (χ0v) is 22.0. The summed E-state index contributed by atoms with van der Waals surface area (Å²) in [4.78, 5) is 4.95. The second kappa shape index (κ2) is 13.8. The molecule has 2 rings (SSSR count). The van der Waals surface area contributed by atoms with Crippen LogP contribution in [-0.2, 0) is 13.1 Å². The van der Waals surface area contributed by atoms with Gasteiger partial charge in [0.15, 0.2) is 0 Å². The molecule has 0 atom stereocenters. The van der Waals surface area contributed by atoms with Crippen LogP contribution in [0.2, 0.25) is 0 Å². The van der Waals surface area contributed by atoms with Crippen molar-refractivity contribution in [1.29, 1.82) is 0 Å². The fourth-order valence-electron chi connectivity index (χ4n) is 3.89. The minimum Gasteiger partial charge on any atom is -0.529 e. The zero-order valence-electron chi connectivity index (χ0n) is 21.2. The van der Waals surface area contributed by atoms with Gasteiger partial charge in [-0.25, -0.2) is 0 Å². The van der Waals surface area contributed by atoms with Crippen LogP contribution in [0.3, 0.4) is 0 Å². The SMILES string of the molecule is CC(C)N(Cc1ccc(OBOc2ccc(CN(C(C)C)C(C)C)cc2)cc1)C(C)C.Cl. The van der Waals surface area contributed by atoms with E-state index >= 15 is 0 Å². The van der Waals surface area contributed by atoms with Crippen LogP contribution in [0.5, 0.6) is 11.5 Å². The lowest BCUT2D eigenvalue weighted by molar-refractivity contribution is 0.166. The van der Waals surface area contributed by atoms with Gasteiger partial charge >= 0.3 is 7.69 Å². The van der Waals surface area contributed by atoms with Crippen LogP contribution in [0.1, 0.15) is 66.5 Å². The third-order valence-electron chi connectivity index (χ3n) is 5.68. The van der Waals surface area contributed by atoms with Crippen LogP contribution in [0.25, 0.3) is 0 Å². The Kier molecular flexibility index (Phi) is 12.2. The van der Waals surface area contributed by atoms with Gasteiger partial charge in [-0.3, -0.25) is 9.80 Å². The quantitative estimate of drug-likeness (QED) is 0.359. The smallest absolute Gasteiger partial charge is 0.529 e. The molecule has 0 aliphatic carbocycles. The summed E-state index contributed by atoms with van der Waals surface area (Å²) in [5, 5.41) is 0. The van der Waals surface area contributed by atoms with Gasteiger partial charge in [0, 0.05) is 37.3 Å². The molecule has 0 heterocycles. The van der Waals surface area contributed by atoms with Gasteiger partial charge in [-0.15, -0.1) is 12.4 Å². The Bertz CT molecular complexity index is 683. The van der Waals surface area contributed by atoms with Crippen LogP contribution in [0, 0.1) is 0 Å². The fraction of sp³-hybridized carbons (Fsp3) is 0.538. The average molecular weight is 461 g/mol. The third-order valence-corrected chi connectivity index (χ3v) is 5.68. The molecule has 0 spiro atoms. The first-order valence-corrected chi connectivity index (χ1v) is 11.6. The highest BCUT2D eigenvalue weighted by Gasteiger charge is 2.14. The van der Waals surface area contributed by atoms with Gasteiger partial charge in [-0.05, 0) is 90.8 Å². The summed E-state index contributed by atoms with van der Waals surface area (Å²) in [5.74, 6) is 1.65. The minimum atomic E-state index is 0. The monoisotopic (exact) mass is 460 g/mol. The van der Waals surface area contributed by atoms with Gasteiger partial charge in [0.05, 0.1) is 0 Å². The lowest BCUT2D eigenvalue weighted by Crippen LogP contribution is -2.36. The molecule has 0 bridgehead atoms. The van der Waals surface area contributed by atoms with Crippen LogP contribution >= 0.6 is 12.4 Å². The van der Waals surface area contributed by atoms with E-state index in [-0.39, 0.29) is 20.1 Å². The van der Waals surface area contributed by atoms with Crippen molar-refractivity contribution >= 4 is 20.1 Å². The van der Waals surface area contributed by atoms with Crippen molar-refractivity contribution in [2.75, 3.05) is 0 Å². The number of halogens is 1. The van der Waals surface area contributed by atoms with E-state index in [1.54, 1.807) is 0 Å². The molecule has 178 valence electrons. The number of rotatable bonds is 12. The molecule has 0 amide bonds. The van der Waals surface area contributed by atoms with Crippen molar-refractivity contribution in [2.24, 2.45) is 0 Å². The Morgan fingerprint density at radius 1 is 0.562 bits per heavy atom. The molecule has 6 heteroatoms. The number of nitrogens with zero attached hydrogens (tertiary/aromatic N) is 2. The molecular formula is C26H42BClN2O2. The second-order valence-electron chi connectivity index (χ2n) is 9.41. The molecule has 2 aromatic carbocycles. The molecule has 0 saturated carbocycles. The summed E-state index contributed by atoms with van der Waals surface area (Å²) in [5.41, 5.74) is 2.59. The van der Waals surface area contributed by atoms with E-state index in [1.807, 2.05) is 24.3 Å². The highest BCUT2D eigenvalue weighted by molar-refractivity contribution is 6.20. The Hall–Kier alpha value is -1.69. The molecule has 0 aliphatic rings. The minimum absolute atomic E-state index is 0. The summed E-state index contributed by atoms with van der Waals surface area (Å²) in [6.07, 6.45) is 0. The Morgan fingerprint density at radius 2 is 0.844 bits per heavy atom. The molecule has 0 aliphatic heterocycles. The van der Waals surface area contributed by atoms with Crippen LogP contribution in [0.15, 0.2) is 48.5 Å². The highest BCUT2D eigenvalue weighted by atomic mass is 35.5. The molecule has 0 N–H and O–H groups in total. The van der Waals surface area contributed by atoms with Gasteiger partial charge in [0.25, 0.3) is 0 Å². The largest absolute Gasteiger partial charge is 0.576 e. The molecule has 4 nitrogen and oxygen atoms in total. The maximum Gasteiger partial charge on any atom is 0.576 e. The number of hydrogen-bond donors (Lipinski definition) is 0. The van der Waals surface area contributed by atoms with Gasteiger partial charge in [-0.2, -0.15) is 0 Å². The van der Waals surface area contributed by atoms with Crippen LogP contribution in [0.4, 0.5) is 0 Å². The summed E-state index contributed by atoms with van der Waals surface area (Å²) in [6, 6.07) is 18.7. The normalized spacial score (nSPS) is 11.6. The first kappa shape index (κ1) is 28.3. The summed E-state index contributed by atoms with van der Waals surface area (Å²) in [7, 11) is 0.201. The fourth-order valence-corrected chi connectivity index (χ4v) is 3.89. The second-order valence-corrected chi connectivity index (χ2v) is 9.41. The van der Waals surface area contributed by atoms with E-state index in [0.29, 0.717) is 24.2 Å². The number of benzene rings is 2. The summed E-state index contributed by atoms with van der Waals surface area (Å²) >= 11 is 0. The van der Waals surface area contributed by atoms with E-state index in [0.717, 1.165) is 24.6 Å². The lowest BCUT2D eigenvalue weighted by atomic mass is 10.1. The van der Waals surface area contributed by atoms with Crippen molar-refractivity contribution in [1.82, 2.24) is 9.80 Å². The summed E-state index contributed by atoms with van der Waals surface area (Å²) < 4.78 is 11.6. The Morgan fingerprint density at radius 3 is 1.09 bits per heavy atom. The molecule has 32 heavy (non-hydrogen) atoms. The van der Waals surface area contributed by atoms with E-state index in [1.165, 1.54) is 11.1 Å². The van der Waals surface area contributed by atoms with Crippen molar-refractivity contribution < 1.29 is 9.31 Å². The third kappa shape index (κ3) is 9.05. The van der Waals surface area contributed by atoms with Gasteiger partial charge in [0.1, 0.15) is 11.5 Å². The average Bonchev–Trinajstić information content (AvgIpc) is 2.71. The first-order chi connectivity index (χ1) is 14.7. The van der Waals surface area contributed by atoms with Crippen LogP contribution in [-0.4, -0.2) is 41.7 Å². The van der Waals surface area contributed by atoms with Crippen molar-refractivity contribution in [3.05, 3.63) is 59.7 Å². The maximum atomic E-state index is 5.78. The Balaban J connectivity index is 0.00000512. The van der Waals surface area contributed by atoms with Crippen molar-refractivity contribution in [3.63, 3.8) is 0 Å².